The summed E-state index contributed by atoms with van der Waals surface area (Å²) in [6.45, 7) is 0.172. The molecule has 1 aliphatic rings. The SMILES string of the molecule is O=c1sc(/C=C2/C=Nc3ccccc32)c(O)n1Cc1ccc(Cl)cc1Cl. The average molecular weight is 403 g/mol. The Morgan fingerprint density at radius 2 is 2.00 bits per heavy atom. The van der Waals surface area contributed by atoms with Crippen LogP contribution in [0.25, 0.3) is 11.6 Å². The van der Waals surface area contributed by atoms with E-state index in [-0.39, 0.29) is 17.3 Å². The topological polar surface area (TPSA) is 54.6 Å². The molecule has 0 radical (unpaired) electrons. The number of hydrogen-bond acceptors (Lipinski definition) is 4. The van der Waals surface area contributed by atoms with Crippen LogP contribution in [0.4, 0.5) is 5.69 Å². The molecule has 4 rings (SSSR count). The Labute approximate surface area is 163 Å². The lowest BCUT2D eigenvalue weighted by Crippen LogP contribution is -2.13. The summed E-state index contributed by atoms with van der Waals surface area (Å²) in [5.74, 6) is -0.0868. The van der Waals surface area contributed by atoms with E-state index < -0.39 is 0 Å². The minimum Gasteiger partial charge on any atom is -0.493 e. The number of benzene rings is 2. The van der Waals surface area contributed by atoms with Gasteiger partial charge in [-0.3, -0.25) is 14.4 Å². The van der Waals surface area contributed by atoms with Crippen LogP contribution in [-0.4, -0.2) is 15.9 Å². The number of hydrogen-bond donors (Lipinski definition) is 1. The molecule has 0 aliphatic carbocycles. The van der Waals surface area contributed by atoms with Gasteiger partial charge in [0, 0.05) is 27.4 Å². The Balaban J connectivity index is 1.71. The summed E-state index contributed by atoms with van der Waals surface area (Å²) in [6.07, 6.45) is 3.51. The van der Waals surface area contributed by atoms with E-state index in [1.54, 1.807) is 30.5 Å². The molecule has 26 heavy (non-hydrogen) atoms. The lowest BCUT2D eigenvalue weighted by Gasteiger charge is -2.06. The third-order valence-electron chi connectivity index (χ3n) is 4.08. The van der Waals surface area contributed by atoms with Crippen molar-refractivity contribution in [2.45, 2.75) is 6.54 Å². The van der Waals surface area contributed by atoms with Gasteiger partial charge < -0.3 is 5.11 Å². The number of nitrogens with zero attached hydrogens (tertiary/aromatic N) is 2. The monoisotopic (exact) mass is 402 g/mol. The summed E-state index contributed by atoms with van der Waals surface area (Å²) in [4.78, 5) is 16.9. The van der Waals surface area contributed by atoms with Crippen LogP contribution in [0.1, 0.15) is 16.0 Å². The molecule has 0 saturated heterocycles. The van der Waals surface area contributed by atoms with Gasteiger partial charge in [0.15, 0.2) is 0 Å². The number of thiazole rings is 1. The van der Waals surface area contributed by atoms with Gasteiger partial charge in [-0.1, -0.05) is 58.8 Å². The molecule has 2 heterocycles. The average Bonchev–Trinajstić information content (AvgIpc) is 3.14. The van der Waals surface area contributed by atoms with Crippen molar-refractivity contribution in [2.75, 3.05) is 0 Å². The minimum atomic E-state index is -0.261. The molecule has 1 aromatic heterocycles. The summed E-state index contributed by atoms with van der Waals surface area (Å²) in [5, 5.41) is 11.5. The second kappa shape index (κ2) is 6.76. The van der Waals surface area contributed by atoms with Crippen molar-refractivity contribution in [3.8, 4) is 5.88 Å². The quantitative estimate of drug-likeness (QED) is 0.651. The molecular weight excluding hydrogens is 391 g/mol. The van der Waals surface area contributed by atoms with Gasteiger partial charge in [0.2, 0.25) is 5.88 Å². The summed E-state index contributed by atoms with van der Waals surface area (Å²) in [7, 11) is 0. The first-order valence-electron chi connectivity index (χ1n) is 7.74. The smallest absolute Gasteiger partial charge is 0.310 e. The maximum absolute atomic E-state index is 12.4. The lowest BCUT2D eigenvalue weighted by atomic mass is 10.1. The van der Waals surface area contributed by atoms with Gasteiger partial charge in [-0.2, -0.15) is 0 Å². The summed E-state index contributed by atoms with van der Waals surface area (Å²) >= 11 is 13.1. The largest absolute Gasteiger partial charge is 0.493 e. The maximum Gasteiger partial charge on any atom is 0.310 e. The van der Waals surface area contributed by atoms with Crippen molar-refractivity contribution < 1.29 is 5.11 Å². The molecule has 0 bridgehead atoms. The Kier molecular flexibility index (Phi) is 4.44. The van der Waals surface area contributed by atoms with Crippen LogP contribution in [0.5, 0.6) is 5.88 Å². The predicted octanol–water partition coefficient (Wildman–Crippen LogP) is 5.23. The Morgan fingerprint density at radius 3 is 2.81 bits per heavy atom. The third-order valence-corrected chi connectivity index (χ3v) is 5.58. The lowest BCUT2D eigenvalue weighted by molar-refractivity contribution is 0.420. The molecule has 0 atom stereocenters. The first-order chi connectivity index (χ1) is 12.5. The zero-order valence-corrected chi connectivity index (χ0v) is 15.6. The van der Waals surface area contributed by atoms with E-state index in [1.807, 2.05) is 24.3 Å². The van der Waals surface area contributed by atoms with Gasteiger partial charge in [0.25, 0.3) is 0 Å². The van der Waals surface area contributed by atoms with Crippen LogP contribution >= 0.6 is 34.5 Å². The van der Waals surface area contributed by atoms with Gasteiger partial charge in [0.1, 0.15) is 0 Å². The fourth-order valence-corrected chi connectivity index (χ4v) is 4.07. The normalized spacial score (nSPS) is 14.2. The molecule has 2 aromatic carbocycles. The van der Waals surface area contributed by atoms with E-state index in [0.717, 1.165) is 28.2 Å². The number of aromatic hydroxyl groups is 1. The van der Waals surface area contributed by atoms with Crippen molar-refractivity contribution >= 4 is 58.1 Å². The van der Waals surface area contributed by atoms with E-state index in [4.69, 9.17) is 23.2 Å². The van der Waals surface area contributed by atoms with Crippen molar-refractivity contribution in [1.82, 2.24) is 4.57 Å². The van der Waals surface area contributed by atoms with Crippen LogP contribution in [0.3, 0.4) is 0 Å². The van der Waals surface area contributed by atoms with Gasteiger partial charge >= 0.3 is 4.87 Å². The van der Waals surface area contributed by atoms with Crippen LogP contribution < -0.4 is 4.87 Å². The van der Waals surface area contributed by atoms with Gasteiger partial charge in [0.05, 0.1) is 17.1 Å². The number of aromatic nitrogens is 1. The first-order valence-corrected chi connectivity index (χ1v) is 9.32. The van der Waals surface area contributed by atoms with Crippen molar-refractivity contribution in [2.24, 2.45) is 4.99 Å². The van der Waals surface area contributed by atoms with Gasteiger partial charge in [-0.15, -0.1) is 0 Å². The van der Waals surface area contributed by atoms with Crippen molar-refractivity contribution in [3.63, 3.8) is 0 Å². The highest BCUT2D eigenvalue weighted by Gasteiger charge is 2.17. The van der Waals surface area contributed by atoms with Crippen LogP contribution in [-0.2, 0) is 6.54 Å². The molecule has 7 heteroatoms. The summed E-state index contributed by atoms with van der Waals surface area (Å²) in [6, 6.07) is 12.8. The van der Waals surface area contributed by atoms with Crippen molar-refractivity contribution in [1.29, 1.82) is 0 Å². The van der Waals surface area contributed by atoms with Crippen LogP contribution in [0, 0.1) is 0 Å². The molecule has 0 unspecified atom stereocenters. The van der Waals surface area contributed by atoms with Gasteiger partial charge in [-0.05, 0) is 29.8 Å². The fraction of sp³-hybridized carbons (Fsp3) is 0.0526. The van der Waals surface area contributed by atoms with Crippen LogP contribution in [0.2, 0.25) is 10.0 Å². The Morgan fingerprint density at radius 1 is 1.19 bits per heavy atom. The van der Waals surface area contributed by atoms with Crippen LogP contribution in [0.15, 0.2) is 52.3 Å². The molecule has 130 valence electrons. The molecule has 4 nitrogen and oxygen atoms in total. The molecule has 0 spiro atoms. The Hall–Kier alpha value is -2.34. The summed E-state index contributed by atoms with van der Waals surface area (Å²) < 4.78 is 1.30. The molecule has 1 aliphatic heterocycles. The highest BCUT2D eigenvalue weighted by molar-refractivity contribution is 7.10. The maximum atomic E-state index is 12.4. The minimum absolute atomic E-state index is 0.0868. The molecule has 0 fully saturated rings. The third kappa shape index (κ3) is 3.09. The fourth-order valence-electron chi connectivity index (χ4n) is 2.76. The summed E-state index contributed by atoms with van der Waals surface area (Å²) in [5.41, 5.74) is 3.41. The zero-order chi connectivity index (χ0) is 18.3. The highest BCUT2D eigenvalue weighted by Crippen LogP contribution is 2.34. The molecule has 1 N–H and O–H groups in total. The second-order valence-electron chi connectivity index (χ2n) is 5.75. The number of fused-ring (bicyclic) bond motifs is 1. The standard InChI is InChI=1S/C19H12Cl2N2O2S/c20-13-6-5-11(15(21)8-13)10-23-18(24)17(26-19(23)25)7-12-9-22-16-4-2-1-3-14(12)16/h1-9,24H,10H2/b12-7-. The highest BCUT2D eigenvalue weighted by atomic mass is 35.5. The second-order valence-corrected chi connectivity index (χ2v) is 7.59. The Bertz CT molecular complexity index is 1130. The number of halogens is 2. The zero-order valence-electron chi connectivity index (χ0n) is 13.3. The number of aliphatic imine (C=N–C) groups is 1. The molecule has 3 aromatic rings. The molecular formula is C19H12Cl2N2O2S. The first kappa shape index (κ1) is 17.1. The van der Waals surface area contributed by atoms with E-state index in [9.17, 15) is 9.90 Å². The molecule has 0 saturated carbocycles. The van der Waals surface area contributed by atoms with E-state index in [2.05, 4.69) is 4.99 Å². The molecule has 0 amide bonds. The van der Waals surface area contributed by atoms with E-state index in [0.29, 0.717) is 20.5 Å². The van der Waals surface area contributed by atoms with Gasteiger partial charge in [-0.25, -0.2) is 0 Å². The predicted molar refractivity (Wildman–Crippen MR) is 108 cm³/mol. The number of allylic oxidation sites excluding steroid dienone is 1. The van der Waals surface area contributed by atoms with E-state index >= 15 is 0 Å². The van der Waals surface area contributed by atoms with E-state index in [1.165, 1.54) is 4.57 Å². The number of para-hydroxylation sites is 1. The van der Waals surface area contributed by atoms with Crippen molar-refractivity contribution in [3.05, 3.63) is 78.2 Å². The number of rotatable bonds is 3.